The molecule has 0 amide bonds. The number of esters is 1. The Labute approximate surface area is 161 Å². The van der Waals surface area contributed by atoms with Crippen molar-refractivity contribution in [2.75, 3.05) is 26.2 Å². The summed E-state index contributed by atoms with van der Waals surface area (Å²) in [6.07, 6.45) is 0.950. The molecule has 1 aliphatic carbocycles. The zero-order valence-electron chi connectivity index (χ0n) is 16.7. The molecule has 1 aromatic rings. The summed E-state index contributed by atoms with van der Waals surface area (Å²) in [6.45, 7) is 7.80. The summed E-state index contributed by atoms with van der Waals surface area (Å²) >= 11 is 0. The lowest BCUT2D eigenvalue weighted by atomic mass is 10.1. The van der Waals surface area contributed by atoms with Crippen molar-refractivity contribution in [2.45, 2.75) is 51.4 Å². The maximum absolute atomic E-state index is 12.8. The van der Waals surface area contributed by atoms with Gasteiger partial charge in [0.05, 0.1) is 12.2 Å². The van der Waals surface area contributed by atoms with Crippen LogP contribution < -0.4 is 0 Å². The molecular formula is C19H30O6P2. The Hall–Kier alpha value is -0.930. The first kappa shape index (κ1) is 22.4. The molecule has 2 rings (SSSR count). The highest BCUT2D eigenvalue weighted by molar-refractivity contribution is 7.58. The van der Waals surface area contributed by atoms with Crippen LogP contribution in [0.1, 0.15) is 31.4 Å². The Morgan fingerprint density at radius 1 is 1.11 bits per heavy atom. The van der Waals surface area contributed by atoms with Crippen molar-refractivity contribution >= 4 is 20.7 Å². The molecule has 1 aromatic carbocycles. The topological polar surface area (TPSA) is 78.9 Å². The molecule has 0 bridgehead atoms. The van der Waals surface area contributed by atoms with E-state index in [2.05, 4.69) is 12.1 Å². The van der Waals surface area contributed by atoms with Crippen LogP contribution in [0.4, 0.5) is 0 Å². The SMILES string of the molecule is CC(CCP(C)(=O)OC1Cc2ccccc2C1)OC(=O)C(C)OP(C)(C)=O. The summed E-state index contributed by atoms with van der Waals surface area (Å²) in [6, 6.07) is 8.16. The third kappa shape index (κ3) is 7.54. The quantitative estimate of drug-likeness (QED) is 0.440. The van der Waals surface area contributed by atoms with Crippen LogP contribution in [-0.4, -0.2) is 50.4 Å². The number of hydrogen-bond donors (Lipinski definition) is 0. The molecule has 152 valence electrons. The number of fused-ring (bicyclic) bond motifs is 1. The largest absolute Gasteiger partial charge is 0.461 e. The van der Waals surface area contributed by atoms with Gasteiger partial charge in [0.25, 0.3) is 0 Å². The van der Waals surface area contributed by atoms with Crippen LogP contribution in [0.2, 0.25) is 0 Å². The van der Waals surface area contributed by atoms with Gasteiger partial charge in [-0.25, -0.2) is 4.79 Å². The fraction of sp³-hybridized carbons (Fsp3) is 0.632. The van der Waals surface area contributed by atoms with Crippen LogP contribution in [0.25, 0.3) is 0 Å². The number of carbonyl (C=O) groups excluding carboxylic acids is 1. The van der Waals surface area contributed by atoms with E-state index in [1.54, 1.807) is 13.6 Å². The van der Waals surface area contributed by atoms with Gasteiger partial charge in [-0.15, -0.1) is 0 Å². The molecule has 8 heteroatoms. The number of hydrogen-bond acceptors (Lipinski definition) is 6. The van der Waals surface area contributed by atoms with E-state index in [-0.39, 0.29) is 6.10 Å². The van der Waals surface area contributed by atoms with Gasteiger partial charge in [0.2, 0.25) is 7.37 Å². The number of benzene rings is 1. The fourth-order valence-corrected chi connectivity index (χ4v) is 5.72. The first-order valence-corrected chi connectivity index (χ1v) is 14.0. The monoisotopic (exact) mass is 416 g/mol. The van der Waals surface area contributed by atoms with Crippen LogP contribution in [-0.2, 0) is 40.6 Å². The minimum absolute atomic E-state index is 0.0623. The molecule has 0 aromatic heterocycles. The molecule has 0 saturated carbocycles. The lowest BCUT2D eigenvalue weighted by Gasteiger charge is -2.22. The standard InChI is InChI=1S/C19H30O6P2/c1-14(23-19(20)15(2)24-26(3,4)21)10-11-27(5,22)25-18-12-16-8-6-7-9-17(16)13-18/h6-9,14-15,18H,10-13H2,1-5H3. The molecule has 0 N–H and O–H groups in total. The van der Waals surface area contributed by atoms with Crippen LogP contribution >= 0.6 is 14.7 Å². The average Bonchev–Trinajstić information content (AvgIpc) is 2.92. The highest BCUT2D eigenvalue weighted by Crippen LogP contribution is 2.47. The Morgan fingerprint density at radius 2 is 1.67 bits per heavy atom. The van der Waals surface area contributed by atoms with Crippen molar-refractivity contribution in [2.24, 2.45) is 0 Å². The van der Waals surface area contributed by atoms with Crippen molar-refractivity contribution < 1.29 is 27.7 Å². The minimum atomic E-state index is -2.79. The van der Waals surface area contributed by atoms with E-state index in [9.17, 15) is 13.9 Å². The zero-order chi connectivity index (χ0) is 20.2. The van der Waals surface area contributed by atoms with Crippen LogP contribution in [0, 0.1) is 0 Å². The van der Waals surface area contributed by atoms with Gasteiger partial charge in [-0.2, -0.15) is 0 Å². The van der Waals surface area contributed by atoms with Crippen LogP contribution in [0.15, 0.2) is 24.3 Å². The molecule has 1 aliphatic rings. The first-order chi connectivity index (χ1) is 12.5. The maximum atomic E-state index is 12.8. The second-order valence-corrected chi connectivity index (χ2v) is 13.1. The van der Waals surface area contributed by atoms with Gasteiger partial charge in [0, 0.05) is 26.2 Å². The Balaban J connectivity index is 1.77. The van der Waals surface area contributed by atoms with E-state index in [0.717, 1.165) is 12.8 Å². The minimum Gasteiger partial charge on any atom is -0.461 e. The molecule has 0 fully saturated rings. The van der Waals surface area contributed by atoms with Gasteiger partial charge in [-0.1, -0.05) is 24.3 Å². The van der Waals surface area contributed by atoms with E-state index in [1.807, 2.05) is 12.1 Å². The molecule has 0 radical (unpaired) electrons. The fourth-order valence-electron chi connectivity index (χ4n) is 3.15. The molecule has 6 nitrogen and oxygen atoms in total. The predicted octanol–water partition coefficient (Wildman–Crippen LogP) is 4.34. The second-order valence-electron chi connectivity index (χ2n) is 7.68. The smallest absolute Gasteiger partial charge is 0.335 e. The molecular weight excluding hydrogens is 386 g/mol. The third-order valence-electron chi connectivity index (χ3n) is 4.39. The van der Waals surface area contributed by atoms with Crippen molar-refractivity contribution in [1.82, 2.24) is 0 Å². The van der Waals surface area contributed by atoms with E-state index < -0.39 is 32.9 Å². The van der Waals surface area contributed by atoms with Crippen LogP contribution in [0.3, 0.4) is 0 Å². The van der Waals surface area contributed by atoms with E-state index in [0.29, 0.717) is 12.6 Å². The van der Waals surface area contributed by atoms with Crippen molar-refractivity contribution in [3.8, 4) is 0 Å². The summed E-state index contributed by atoms with van der Waals surface area (Å²) in [5.74, 6) is -0.565. The summed E-state index contributed by atoms with van der Waals surface area (Å²) in [5.41, 5.74) is 2.51. The first-order valence-electron chi connectivity index (χ1n) is 9.21. The van der Waals surface area contributed by atoms with Gasteiger partial charge in [0.15, 0.2) is 13.5 Å². The molecule has 0 spiro atoms. The highest BCUT2D eigenvalue weighted by Gasteiger charge is 2.29. The van der Waals surface area contributed by atoms with E-state index in [1.165, 1.54) is 31.4 Å². The highest BCUT2D eigenvalue weighted by atomic mass is 31.2. The maximum Gasteiger partial charge on any atom is 0.335 e. The molecule has 3 unspecified atom stereocenters. The summed E-state index contributed by atoms with van der Waals surface area (Å²) < 4.78 is 40.8. The average molecular weight is 416 g/mol. The molecule has 0 saturated heterocycles. The number of ether oxygens (including phenoxy) is 1. The van der Waals surface area contributed by atoms with Gasteiger partial charge in [-0.05, 0) is 44.2 Å². The van der Waals surface area contributed by atoms with E-state index in [4.69, 9.17) is 13.8 Å². The number of rotatable bonds is 9. The summed E-state index contributed by atoms with van der Waals surface area (Å²) in [4.78, 5) is 12.0. The number of carbonyl (C=O) groups is 1. The zero-order valence-corrected chi connectivity index (χ0v) is 18.5. The summed E-state index contributed by atoms with van der Waals surface area (Å²) in [7, 11) is -5.56. The molecule has 3 atom stereocenters. The molecule has 27 heavy (non-hydrogen) atoms. The van der Waals surface area contributed by atoms with Gasteiger partial charge in [0.1, 0.15) is 0 Å². The van der Waals surface area contributed by atoms with Crippen molar-refractivity contribution in [3.63, 3.8) is 0 Å². The lowest BCUT2D eigenvalue weighted by molar-refractivity contribution is -0.155. The Bertz CT molecular complexity index is 731. The third-order valence-corrected chi connectivity index (χ3v) is 7.03. The Kier molecular flexibility index (Phi) is 7.49. The van der Waals surface area contributed by atoms with Crippen molar-refractivity contribution in [1.29, 1.82) is 0 Å². The van der Waals surface area contributed by atoms with Gasteiger partial charge < -0.3 is 13.8 Å². The van der Waals surface area contributed by atoms with E-state index >= 15 is 0 Å². The van der Waals surface area contributed by atoms with Crippen molar-refractivity contribution in [3.05, 3.63) is 35.4 Å². The Morgan fingerprint density at radius 3 is 2.19 bits per heavy atom. The lowest BCUT2D eigenvalue weighted by Crippen LogP contribution is -2.26. The second kappa shape index (κ2) is 9.05. The van der Waals surface area contributed by atoms with Crippen LogP contribution in [0.5, 0.6) is 0 Å². The summed E-state index contributed by atoms with van der Waals surface area (Å²) in [5, 5.41) is 0. The molecule has 0 heterocycles. The normalized spacial score (nSPS) is 19.1. The predicted molar refractivity (Wildman–Crippen MR) is 107 cm³/mol. The van der Waals surface area contributed by atoms with Gasteiger partial charge in [-0.3, -0.25) is 9.13 Å². The van der Waals surface area contributed by atoms with Gasteiger partial charge >= 0.3 is 5.97 Å². The molecule has 0 aliphatic heterocycles.